The van der Waals surface area contributed by atoms with E-state index in [0.717, 1.165) is 0 Å². The Hall–Kier alpha value is -2.06. The zero-order chi connectivity index (χ0) is 16.4. The molecule has 1 rings (SSSR count). The number of carboxylic acid groups (broad SMARTS) is 1. The number of carboxylic acids is 1. The fraction of sp³-hybridized carbons (Fsp3) is 0.583. The Morgan fingerprint density at radius 1 is 1.38 bits per heavy atom. The van der Waals surface area contributed by atoms with Gasteiger partial charge in [-0.3, -0.25) is 9.59 Å². The summed E-state index contributed by atoms with van der Waals surface area (Å²) < 4.78 is 42.4. The molecule has 0 aliphatic carbocycles. The second kappa shape index (κ2) is 6.15. The van der Waals surface area contributed by atoms with Gasteiger partial charge in [0.1, 0.15) is 18.7 Å². The molecule has 0 atom stereocenters. The minimum absolute atomic E-state index is 0.115. The number of alkyl halides is 3. The minimum Gasteiger partial charge on any atom is -0.480 e. The third-order valence-electron chi connectivity index (χ3n) is 2.61. The molecule has 1 aromatic rings. The fourth-order valence-electron chi connectivity index (χ4n) is 1.78. The maximum Gasteiger partial charge on any atom is 0.406 e. The third kappa shape index (κ3) is 4.47. The van der Waals surface area contributed by atoms with Crippen LogP contribution in [0.5, 0.6) is 0 Å². The molecule has 0 bridgehead atoms. The number of hydrogen-bond acceptors (Lipinski definition) is 4. The van der Waals surface area contributed by atoms with Gasteiger partial charge in [0.25, 0.3) is 5.91 Å². The van der Waals surface area contributed by atoms with E-state index in [4.69, 9.17) is 9.63 Å². The molecule has 1 N–H and O–H groups in total. The maximum absolute atomic E-state index is 12.5. The quantitative estimate of drug-likeness (QED) is 0.901. The van der Waals surface area contributed by atoms with Crippen molar-refractivity contribution in [2.24, 2.45) is 0 Å². The monoisotopic (exact) mass is 308 g/mol. The van der Waals surface area contributed by atoms with Gasteiger partial charge in [-0.25, -0.2) is 0 Å². The SMILES string of the molecule is Cc1noc(C(C)C)c1C(=O)N(CC(=O)O)CC(F)(F)F. The molecule has 0 unspecified atom stereocenters. The molecule has 1 aromatic heterocycles. The van der Waals surface area contributed by atoms with E-state index in [0.29, 0.717) is 0 Å². The van der Waals surface area contributed by atoms with E-state index < -0.39 is 31.1 Å². The van der Waals surface area contributed by atoms with Crippen molar-refractivity contribution >= 4 is 11.9 Å². The molecule has 0 spiro atoms. The van der Waals surface area contributed by atoms with Gasteiger partial charge in [-0.2, -0.15) is 13.2 Å². The number of carbonyl (C=O) groups is 2. The molecule has 9 heteroatoms. The van der Waals surface area contributed by atoms with Gasteiger partial charge in [0, 0.05) is 5.92 Å². The number of halogens is 3. The Balaban J connectivity index is 3.16. The number of aliphatic carboxylic acids is 1. The van der Waals surface area contributed by atoms with Gasteiger partial charge in [0.15, 0.2) is 5.76 Å². The Morgan fingerprint density at radius 3 is 2.38 bits per heavy atom. The van der Waals surface area contributed by atoms with Gasteiger partial charge in [-0.05, 0) is 6.92 Å². The van der Waals surface area contributed by atoms with Crippen LogP contribution in [0.2, 0.25) is 0 Å². The van der Waals surface area contributed by atoms with Gasteiger partial charge in [-0.1, -0.05) is 19.0 Å². The van der Waals surface area contributed by atoms with E-state index in [1.54, 1.807) is 13.8 Å². The van der Waals surface area contributed by atoms with Crippen molar-refractivity contribution in [3.8, 4) is 0 Å². The second-order valence-corrected chi connectivity index (χ2v) is 4.83. The fourth-order valence-corrected chi connectivity index (χ4v) is 1.78. The van der Waals surface area contributed by atoms with Gasteiger partial charge in [-0.15, -0.1) is 0 Å². The first-order valence-corrected chi connectivity index (χ1v) is 6.07. The average molecular weight is 308 g/mol. The lowest BCUT2D eigenvalue weighted by Gasteiger charge is -2.22. The Kier molecular flexibility index (Phi) is 4.97. The zero-order valence-corrected chi connectivity index (χ0v) is 11.7. The predicted octanol–water partition coefficient (Wildman–Crippen LogP) is 2.20. The molecule has 6 nitrogen and oxygen atoms in total. The topological polar surface area (TPSA) is 83.6 Å². The molecule has 0 aromatic carbocycles. The molecule has 0 saturated heterocycles. The summed E-state index contributed by atoms with van der Waals surface area (Å²) in [7, 11) is 0. The van der Waals surface area contributed by atoms with Crippen molar-refractivity contribution < 1.29 is 32.4 Å². The zero-order valence-electron chi connectivity index (χ0n) is 11.7. The lowest BCUT2D eigenvalue weighted by molar-refractivity contribution is -0.149. The van der Waals surface area contributed by atoms with Crippen molar-refractivity contribution in [1.29, 1.82) is 0 Å². The molecule has 0 aliphatic heterocycles. The standard InChI is InChI=1S/C12H15F3N2O4/c1-6(2)10-9(7(3)16-21-10)11(20)17(4-8(18)19)5-12(13,14)15/h6H,4-5H2,1-3H3,(H,18,19). The lowest BCUT2D eigenvalue weighted by atomic mass is 10.0. The molecule has 0 aliphatic rings. The van der Waals surface area contributed by atoms with E-state index >= 15 is 0 Å². The van der Waals surface area contributed by atoms with Crippen molar-refractivity contribution in [3.63, 3.8) is 0 Å². The summed E-state index contributed by atoms with van der Waals surface area (Å²) in [6, 6.07) is 0. The third-order valence-corrected chi connectivity index (χ3v) is 2.61. The number of amides is 1. The number of nitrogens with zero attached hydrogens (tertiary/aromatic N) is 2. The van der Waals surface area contributed by atoms with Crippen LogP contribution in [0.25, 0.3) is 0 Å². The summed E-state index contributed by atoms with van der Waals surface area (Å²) in [5, 5.41) is 12.2. The first-order valence-electron chi connectivity index (χ1n) is 6.07. The van der Waals surface area contributed by atoms with E-state index in [1.807, 2.05) is 0 Å². The molecule has 0 saturated carbocycles. The minimum atomic E-state index is -4.70. The smallest absolute Gasteiger partial charge is 0.406 e. The van der Waals surface area contributed by atoms with Crippen molar-refractivity contribution in [2.75, 3.05) is 13.1 Å². The van der Waals surface area contributed by atoms with Crippen LogP contribution in [-0.4, -0.2) is 46.3 Å². The van der Waals surface area contributed by atoms with E-state index in [1.165, 1.54) is 6.92 Å². The van der Waals surface area contributed by atoms with E-state index in [2.05, 4.69) is 5.16 Å². The average Bonchev–Trinajstić information content (AvgIpc) is 2.67. The van der Waals surface area contributed by atoms with Crippen LogP contribution in [0.3, 0.4) is 0 Å². The Labute approximate surface area is 118 Å². The largest absolute Gasteiger partial charge is 0.480 e. The maximum atomic E-state index is 12.5. The first kappa shape index (κ1) is 17.0. The summed E-state index contributed by atoms with van der Waals surface area (Å²) in [5.41, 5.74) is 0.0109. The van der Waals surface area contributed by atoms with Gasteiger partial charge in [0.05, 0.1) is 5.69 Å². The highest BCUT2D eigenvalue weighted by molar-refractivity contribution is 5.97. The van der Waals surface area contributed by atoms with Crippen LogP contribution in [0.4, 0.5) is 13.2 Å². The predicted molar refractivity (Wildman–Crippen MR) is 64.9 cm³/mol. The van der Waals surface area contributed by atoms with Crippen molar-refractivity contribution in [2.45, 2.75) is 32.9 Å². The summed E-state index contributed by atoms with van der Waals surface area (Å²) >= 11 is 0. The molecule has 118 valence electrons. The van der Waals surface area contributed by atoms with Crippen LogP contribution in [0.15, 0.2) is 4.52 Å². The lowest BCUT2D eigenvalue weighted by Crippen LogP contribution is -2.42. The molecular weight excluding hydrogens is 293 g/mol. The van der Waals surface area contributed by atoms with Crippen LogP contribution in [0.1, 0.15) is 41.6 Å². The van der Waals surface area contributed by atoms with Crippen molar-refractivity contribution in [1.82, 2.24) is 10.1 Å². The van der Waals surface area contributed by atoms with Crippen LogP contribution >= 0.6 is 0 Å². The molecule has 0 fully saturated rings. The molecule has 1 amide bonds. The van der Waals surface area contributed by atoms with Crippen LogP contribution < -0.4 is 0 Å². The molecule has 1 heterocycles. The molecular formula is C12H15F3N2O4. The Bertz CT molecular complexity index is 537. The summed E-state index contributed by atoms with van der Waals surface area (Å²) in [4.78, 5) is 23.1. The number of hydrogen-bond donors (Lipinski definition) is 1. The summed E-state index contributed by atoms with van der Waals surface area (Å²) in [6.45, 7) is 2.07. The molecule has 21 heavy (non-hydrogen) atoms. The highest BCUT2D eigenvalue weighted by Gasteiger charge is 2.36. The van der Waals surface area contributed by atoms with Crippen molar-refractivity contribution in [3.05, 3.63) is 17.0 Å². The normalized spacial score (nSPS) is 11.8. The van der Waals surface area contributed by atoms with Crippen LogP contribution in [-0.2, 0) is 4.79 Å². The summed E-state index contributed by atoms with van der Waals surface area (Å²) in [6.07, 6.45) is -4.70. The molecule has 0 radical (unpaired) electrons. The number of aryl methyl sites for hydroxylation is 1. The highest BCUT2D eigenvalue weighted by Crippen LogP contribution is 2.25. The number of aromatic nitrogens is 1. The van der Waals surface area contributed by atoms with Gasteiger partial charge >= 0.3 is 12.1 Å². The summed E-state index contributed by atoms with van der Waals surface area (Å²) in [5.74, 6) is -2.73. The second-order valence-electron chi connectivity index (χ2n) is 4.83. The number of carbonyl (C=O) groups excluding carboxylic acids is 1. The number of rotatable bonds is 5. The first-order chi connectivity index (χ1) is 9.53. The van der Waals surface area contributed by atoms with Gasteiger partial charge < -0.3 is 14.5 Å². The van der Waals surface area contributed by atoms with E-state index in [9.17, 15) is 22.8 Å². The van der Waals surface area contributed by atoms with E-state index in [-0.39, 0.29) is 27.8 Å². The van der Waals surface area contributed by atoms with Crippen LogP contribution in [0, 0.1) is 6.92 Å². The Morgan fingerprint density at radius 2 is 1.95 bits per heavy atom. The highest BCUT2D eigenvalue weighted by atomic mass is 19.4. The van der Waals surface area contributed by atoms with Gasteiger partial charge in [0.2, 0.25) is 0 Å².